The first-order chi connectivity index (χ1) is 14.0. The molecule has 1 heterocycles. The molecular weight excluding hydrogens is 362 g/mol. The van der Waals surface area contributed by atoms with Crippen LogP contribution in [0, 0.1) is 11.3 Å². The number of rotatable bonds is 6. The van der Waals surface area contributed by atoms with Crippen molar-refractivity contribution >= 4 is 5.78 Å². The molecule has 154 valence electrons. The minimum atomic E-state index is -0.340. The van der Waals surface area contributed by atoms with Gasteiger partial charge in [-0.3, -0.25) is 9.69 Å². The summed E-state index contributed by atoms with van der Waals surface area (Å²) in [5, 5.41) is 9.59. The number of nitrogens with zero attached hydrogens (tertiary/aromatic N) is 1. The number of hydrogen-bond acceptors (Lipinski definition) is 4. The summed E-state index contributed by atoms with van der Waals surface area (Å²) in [7, 11) is 1.61. The highest BCUT2D eigenvalue weighted by Gasteiger charge is 2.43. The van der Waals surface area contributed by atoms with E-state index in [1.165, 1.54) is 5.56 Å². The van der Waals surface area contributed by atoms with Crippen molar-refractivity contribution in [2.75, 3.05) is 20.2 Å². The lowest BCUT2D eigenvalue weighted by Crippen LogP contribution is -2.36. The number of benzene rings is 2. The Bertz CT molecular complexity index is 871. The molecule has 0 saturated carbocycles. The number of Topliss-reactive ketones (excluding diaryl/α,β-unsaturated/α-hetero) is 1. The van der Waals surface area contributed by atoms with Gasteiger partial charge in [0.1, 0.15) is 5.75 Å². The maximum atomic E-state index is 13.2. The number of methoxy groups -OCH3 is 1. The van der Waals surface area contributed by atoms with Gasteiger partial charge in [0.2, 0.25) is 0 Å². The number of aliphatic hydroxyl groups excluding tert-OH is 1. The van der Waals surface area contributed by atoms with Gasteiger partial charge in [-0.1, -0.05) is 37.3 Å². The molecule has 1 aliphatic carbocycles. The Labute approximate surface area is 173 Å². The molecule has 2 aliphatic rings. The molecule has 1 unspecified atom stereocenters. The molecule has 0 radical (unpaired) electrons. The topological polar surface area (TPSA) is 49.8 Å². The van der Waals surface area contributed by atoms with E-state index in [2.05, 4.69) is 42.2 Å². The van der Waals surface area contributed by atoms with Gasteiger partial charge in [0, 0.05) is 23.1 Å². The fraction of sp³-hybridized carbons (Fsp3) is 0.480. The minimum absolute atomic E-state index is 0.111. The summed E-state index contributed by atoms with van der Waals surface area (Å²) in [5.41, 5.74) is 3.56. The van der Waals surface area contributed by atoms with E-state index in [0.29, 0.717) is 17.2 Å². The van der Waals surface area contributed by atoms with Crippen molar-refractivity contribution in [2.24, 2.45) is 11.3 Å². The van der Waals surface area contributed by atoms with E-state index in [1.807, 2.05) is 12.1 Å². The average molecular weight is 394 g/mol. The molecule has 1 N–H and O–H groups in total. The Kier molecular flexibility index (Phi) is 5.75. The predicted octanol–water partition coefficient (Wildman–Crippen LogP) is 4.23. The Morgan fingerprint density at radius 1 is 1.17 bits per heavy atom. The smallest absolute Gasteiger partial charge is 0.169 e. The fourth-order valence-electron chi connectivity index (χ4n) is 5.16. The van der Waals surface area contributed by atoms with Crippen LogP contribution < -0.4 is 4.74 Å². The summed E-state index contributed by atoms with van der Waals surface area (Å²) < 4.78 is 5.40. The number of hydrogen-bond donors (Lipinski definition) is 1. The first-order valence-corrected chi connectivity index (χ1v) is 10.6. The van der Waals surface area contributed by atoms with Crippen molar-refractivity contribution in [3.63, 3.8) is 0 Å². The zero-order valence-corrected chi connectivity index (χ0v) is 17.5. The SMILES string of the molecule is COc1cc2c(cc1CO)C(=O)C(C)(CC1CCN(Cc3ccccc3)CC1)C2. The summed E-state index contributed by atoms with van der Waals surface area (Å²) in [4.78, 5) is 15.8. The van der Waals surface area contributed by atoms with Crippen LogP contribution in [0.2, 0.25) is 0 Å². The largest absolute Gasteiger partial charge is 0.496 e. The third-order valence-corrected chi connectivity index (χ3v) is 6.75. The van der Waals surface area contributed by atoms with Gasteiger partial charge in [-0.15, -0.1) is 0 Å². The Morgan fingerprint density at radius 3 is 2.55 bits per heavy atom. The molecule has 1 aliphatic heterocycles. The highest BCUT2D eigenvalue weighted by atomic mass is 16.5. The Hall–Kier alpha value is -2.17. The number of ether oxygens (including phenoxy) is 1. The van der Waals surface area contributed by atoms with Gasteiger partial charge in [0.05, 0.1) is 13.7 Å². The van der Waals surface area contributed by atoms with E-state index >= 15 is 0 Å². The second-order valence-electron chi connectivity index (χ2n) is 8.96. The highest BCUT2D eigenvalue weighted by molar-refractivity contribution is 6.05. The van der Waals surface area contributed by atoms with Crippen LogP contribution in [0.1, 0.15) is 53.2 Å². The molecule has 4 heteroatoms. The second kappa shape index (κ2) is 8.29. The van der Waals surface area contributed by atoms with Gasteiger partial charge in [0.25, 0.3) is 0 Å². The predicted molar refractivity (Wildman–Crippen MR) is 114 cm³/mol. The lowest BCUT2D eigenvalue weighted by molar-refractivity contribution is 0.0758. The van der Waals surface area contributed by atoms with Crippen molar-refractivity contribution in [2.45, 2.75) is 45.8 Å². The summed E-state index contributed by atoms with van der Waals surface area (Å²) in [6.45, 7) is 5.22. The molecule has 2 aromatic rings. The second-order valence-corrected chi connectivity index (χ2v) is 8.96. The normalized spacial score (nSPS) is 22.7. The van der Waals surface area contributed by atoms with Crippen molar-refractivity contribution in [1.82, 2.24) is 4.90 Å². The van der Waals surface area contributed by atoms with Crippen LogP contribution >= 0.6 is 0 Å². The van der Waals surface area contributed by atoms with Crippen LogP contribution in [0.3, 0.4) is 0 Å². The van der Waals surface area contributed by atoms with Gasteiger partial charge in [0.15, 0.2) is 5.78 Å². The van der Waals surface area contributed by atoms with Crippen LogP contribution in [0.5, 0.6) is 5.75 Å². The molecule has 0 spiro atoms. The van der Waals surface area contributed by atoms with Crippen LogP contribution in [-0.2, 0) is 19.6 Å². The van der Waals surface area contributed by atoms with Crippen molar-refractivity contribution in [3.05, 3.63) is 64.7 Å². The Morgan fingerprint density at radius 2 is 1.90 bits per heavy atom. The molecule has 1 saturated heterocycles. The number of carbonyl (C=O) groups is 1. The van der Waals surface area contributed by atoms with E-state index in [0.717, 1.165) is 56.4 Å². The molecule has 0 bridgehead atoms. The monoisotopic (exact) mass is 393 g/mol. The first kappa shape index (κ1) is 20.1. The van der Waals surface area contributed by atoms with Crippen molar-refractivity contribution in [1.29, 1.82) is 0 Å². The number of likely N-dealkylation sites (tertiary alicyclic amines) is 1. The molecule has 4 rings (SSSR count). The standard InChI is InChI=1S/C25H31NO3/c1-25(15-20-13-23(29-2)21(17-27)12-22(20)24(25)28)14-18-8-10-26(11-9-18)16-19-6-4-3-5-7-19/h3-7,12-13,18,27H,8-11,14-17H2,1-2H3. The van der Waals surface area contributed by atoms with Crippen LogP contribution in [-0.4, -0.2) is 36.0 Å². The van der Waals surface area contributed by atoms with E-state index < -0.39 is 0 Å². The molecule has 0 aromatic heterocycles. The van der Waals surface area contributed by atoms with E-state index in [1.54, 1.807) is 7.11 Å². The van der Waals surface area contributed by atoms with Gasteiger partial charge in [-0.25, -0.2) is 0 Å². The quantitative estimate of drug-likeness (QED) is 0.798. The van der Waals surface area contributed by atoms with Gasteiger partial charge in [-0.2, -0.15) is 0 Å². The highest BCUT2D eigenvalue weighted by Crippen LogP contribution is 2.44. The molecular formula is C25H31NO3. The Balaban J connectivity index is 1.39. The average Bonchev–Trinajstić information content (AvgIpc) is 2.98. The summed E-state index contributed by atoms with van der Waals surface area (Å²) in [6, 6.07) is 14.4. The maximum Gasteiger partial charge on any atom is 0.169 e. The number of ketones is 1. The number of aliphatic hydroxyl groups is 1. The molecule has 4 nitrogen and oxygen atoms in total. The summed E-state index contributed by atoms with van der Waals surface area (Å²) in [6.07, 6.45) is 4.01. The third-order valence-electron chi connectivity index (χ3n) is 6.75. The molecule has 2 aromatic carbocycles. The summed E-state index contributed by atoms with van der Waals surface area (Å²) in [5.74, 6) is 1.50. The first-order valence-electron chi connectivity index (χ1n) is 10.6. The minimum Gasteiger partial charge on any atom is -0.496 e. The van der Waals surface area contributed by atoms with Crippen LogP contribution in [0.25, 0.3) is 0 Å². The van der Waals surface area contributed by atoms with Gasteiger partial charge >= 0.3 is 0 Å². The van der Waals surface area contributed by atoms with Crippen molar-refractivity contribution < 1.29 is 14.6 Å². The van der Waals surface area contributed by atoms with Gasteiger partial charge < -0.3 is 9.84 Å². The number of carbonyl (C=O) groups excluding carboxylic acids is 1. The third kappa shape index (κ3) is 4.10. The van der Waals surface area contributed by atoms with Crippen LogP contribution in [0.15, 0.2) is 42.5 Å². The van der Waals surface area contributed by atoms with E-state index in [-0.39, 0.29) is 17.8 Å². The maximum absolute atomic E-state index is 13.2. The number of fused-ring (bicyclic) bond motifs is 1. The molecule has 1 fully saturated rings. The number of piperidine rings is 1. The van der Waals surface area contributed by atoms with Crippen molar-refractivity contribution in [3.8, 4) is 5.75 Å². The van der Waals surface area contributed by atoms with E-state index in [9.17, 15) is 9.90 Å². The lowest BCUT2D eigenvalue weighted by atomic mass is 9.75. The molecule has 1 atom stereocenters. The zero-order chi connectivity index (χ0) is 20.4. The van der Waals surface area contributed by atoms with Crippen LogP contribution in [0.4, 0.5) is 0 Å². The molecule has 0 amide bonds. The lowest BCUT2D eigenvalue weighted by Gasteiger charge is -2.35. The molecule has 29 heavy (non-hydrogen) atoms. The van der Waals surface area contributed by atoms with Gasteiger partial charge in [-0.05, 0) is 68.0 Å². The van der Waals surface area contributed by atoms with E-state index in [4.69, 9.17) is 4.74 Å². The summed E-state index contributed by atoms with van der Waals surface area (Å²) >= 11 is 0. The fourth-order valence-corrected chi connectivity index (χ4v) is 5.16. The zero-order valence-electron chi connectivity index (χ0n) is 17.5.